The van der Waals surface area contributed by atoms with Crippen LogP contribution in [-0.4, -0.2) is 24.1 Å². The van der Waals surface area contributed by atoms with E-state index in [-0.39, 0.29) is 0 Å². The Hall–Kier alpha value is -2.54. The van der Waals surface area contributed by atoms with Crippen molar-refractivity contribution in [3.05, 3.63) is 54.2 Å². The summed E-state index contributed by atoms with van der Waals surface area (Å²) in [5.74, 6) is 0.798. The second-order valence-corrected chi connectivity index (χ2v) is 4.93. The topological polar surface area (TPSA) is 52.0 Å². The van der Waals surface area contributed by atoms with Crippen LogP contribution < -0.4 is 10.2 Å². The zero-order chi connectivity index (χ0) is 13.8. The molecule has 1 aromatic carbocycles. The molecule has 0 amide bonds. The Balaban J connectivity index is 1.69. The van der Waals surface area contributed by atoms with E-state index in [1.807, 2.05) is 24.3 Å². The maximum atomic E-state index is 9.15. The maximum absolute atomic E-state index is 9.15. The minimum absolute atomic E-state index is 0.394. The lowest BCUT2D eigenvalue weighted by Gasteiger charge is -2.19. The normalized spacial score (nSPS) is 17.8. The third-order valence-corrected chi connectivity index (χ3v) is 3.54. The molecule has 0 bridgehead atoms. The molecular formula is C16H16N4. The van der Waals surface area contributed by atoms with Crippen LogP contribution in [0.2, 0.25) is 0 Å². The summed E-state index contributed by atoms with van der Waals surface area (Å²) in [6.45, 7) is 1.80. The summed E-state index contributed by atoms with van der Waals surface area (Å²) in [5, 5.41) is 12.7. The van der Waals surface area contributed by atoms with Crippen molar-refractivity contribution in [3.8, 4) is 6.07 Å². The smallest absolute Gasteiger partial charge is 0.146 e. The van der Waals surface area contributed by atoms with Gasteiger partial charge in [-0.3, -0.25) is 0 Å². The average Bonchev–Trinajstić information content (AvgIpc) is 2.96. The summed E-state index contributed by atoms with van der Waals surface area (Å²) < 4.78 is 0. The van der Waals surface area contributed by atoms with E-state index < -0.39 is 0 Å². The first-order chi connectivity index (χ1) is 9.86. The number of benzene rings is 1. The second kappa shape index (κ2) is 5.62. The Labute approximate surface area is 118 Å². The molecule has 2 aromatic rings. The summed E-state index contributed by atoms with van der Waals surface area (Å²) in [6, 6.07) is 16.4. The highest BCUT2D eigenvalue weighted by Gasteiger charge is 2.24. The van der Waals surface area contributed by atoms with Gasteiger partial charge in [0.25, 0.3) is 0 Å². The molecule has 4 heteroatoms. The van der Waals surface area contributed by atoms with E-state index in [9.17, 15) is 0 Å². The van der Waals surface area contributed by atoms with Gasteiger partial charge in [0.05, 0.1) is 5.56 Å². The average molecular weight is 264 g/mol. The maximum Gasteiger partial charge on any atom is 0.146 e. The molecule has 1 aromatic heterocycles. The third kappa shape index (κ3) is 2.57. The largest absolute Gasteiger partial charge is 0.380 e. The number of para-hydroxylation sites is 1. The van der Waals surface area contributed by atoms with Crippen molar-refractivity contribution in [1.82, 2.24) is 4.98 Å². The molecule has 3 rings (SSSR count). The van der Waals surface area contributed by atoms with Gasteiger partial charge < -0.3 is 10.2 Å². The zero-order valence-electron chi connectivity index (χ0n) is 11.2. The van der Waals surface area contributed by atoms with Gasteiger partial charge in [0.15, 0.2) is 0 Å². The Morgan fingerprint density at radius 2 is 2.05 bits per heavy atom. The van der Waals surface area contributed by atoms with Gasteiger partial charge in [-0.25, -0.2) is 4.98 Å². The van der Waals surface area contributed by atoms with Gasteiger partial charge >= 0.3 is 0 Å². The molecule has 0 unspecified atom stereocenters. The number of rotatable bonds is 3. The lowest BCUT2D eigenvalue weighted by atomic mass is 10.2. The van der Waals surface area contributed by atoms with Crippen LogP contribution in [0.5, 0.6) is 0 Å². The molecule has 1 atom stereocenters. The van der Waals surface area contributed by atoms with E-state index in [2.05, 4.69) is 33.4 Å². The predicted molar refractivity (Wildman–Crippen MR) is 79.6 cm³/mol. The van der Waals surface area contributed by atoms with Crippen molar-refractivity contribution in [1.29, 1.82) is 5.26 Å². The van der Waals surface area contributed by atoms with Crippen LogP contribution in [0, 0.1) is 11.3 Å². The predicted octanol–water partition coefficient (Wildman–Crippen LogP) is 2.64. The Kier molecular flexibility index (Phi) is 3.51. The first-order valence-corrected chi connectivity index (χ1v) is 6.78. The molecular weight excluding hydrogens is 248 g/mol. The first-order valence-electron chi connectivity index (χ1n) is 6.78. The summed E-state index contributed by atoms with van der Waals surface area (Å²) in [4.78, 5) is 6.53. The summed E-state index contributed by atoms with van der Waals surface area (Å²) in [5.41, 5.74) is 1.79. The van der Waals surface area contributed by atoms with Crippen molar-refractivity contribution < 1.29 is 0 Å². The van der Waals surface area contributed by atoms with Gasteiger partial charge in [-0.15, -0.1) is 0 Å². The first kappa shape index (κ1) is 12.5. The SMILES string of the molecule is N#Cc1cccnc1N1CC[C@H](Nc2ccccc2)C1. The molecule has 1 saturated heterocycles. The van der Waals surface area contributed by atoms with Crippen molar-refractivity contribution in [2.24, 2.45) is 0 Å². The fourth-order valence-electron chi connectivity index (χ4n) is 2.58. The van der Waals surface area contributed by atoms with E-state index in [0.29, 0.717) is 11.6 Å². The molecule has 2 heterocycles. The van der Waals surface area contributed by atoms with Gasteiger partial charge in [0, 0.05) is 31.0 Å². The highest BCUT2D eigenvalue weighted by molar-refractivity contribution is 5.55. The molecule has 1 N–H and O–H groups in total. The van der Waals surface area contributed by atoms with Crippen molar-refractivity contribution >= 4 is 11.5 Å². The Morgan fingerprint density at radius 3 is 2.85 bits per heavy atom. The molecule has 1 aliphatic rings. The Bertz CT molecular complexity index is 618. The van der Waals surface area contributed by atoms with Gasteiger partial charge in [0.2, 0.25) is 0 Å². The van der Waals surface area contributed by atoms with Crippen molar-refractivity contribution in [2.75, 3.05) is 23.3 Å². The molecule has 1 fully saturated rings. The molecule has 0 saturated carbocycles. The van der Waals surface area contributed by atoms with Gasteiger partial charge in [-0.1, -0.05) is 18.2 Å². The Morgan fingerprint density at radius 1 is 1.20 bits per heavy atom. The summed E-state index contributed by atoms with van der Waals surface area (Å²) >= 11 is 0. The quantitative estimate of drug-likeness (QED) is 0.926. The molecule has 20 heavy (non-hydrogen) atoms. The number of nitrogens with one attached hydrogen (secondary N) is 1. The highest BCUT2D eigenvalue weighted by Crippen LogP contribution is 2.23. The van der Waals surface area contributed by atoms with E-state index in [4.69, 9.17) is 5.26 Å². The van der Waals surface area contributed by atoms with Gasteiger partial charge in [0.1, 0.15) is 11.9 Å². The molecule has 0 aliphatic carbocycles. The molecule has 100 valence electrons. The molecule has 0 radical (unpaired) electrons. The number of hydrogen-bond acceptors (Lipinski definition) is 4. The summed E-state index contributed by atoms with van der Waals surface area (Å²) in [6.07, 6.45) is 2.80. The van der Waals surface area contributed by atoms with E-state index in [1.165, 1.54) is 0 Å². The van der Waals surface area contributed by atoms with Crippen molar-refractivity contribution in [3.63, 3.8) is 0 Å². The van der Waals surface area contributed by atoms with Crippen LogP contribution in [-0.2, 0) is 0 Å². The van der Waals surface area contributed by atoms with Crippen LogP contribution in [0.1, 0.15) is 12.0 Å². The van der Waals surface area contributed by atoms with Gasteiger partial charge in [-0.2, -0.15) is 5.26 Å². The van der Waals surface area contributed by atoms with Crippen LogP contribution in [0.25, 0.3) is 0 Å². The van der Waals surface area contributed by atoms with Crippen LogP contribution in [0.4, 0.5) is 11.5 Å². The van der Waals surface area contributed by atoms with E-state index >= 15 is 0 Å². The summed E-state index contributed by atoms with van der Waals surface area (Å²) in [7, 11) is 0. The second-order valence-electron chi connectivity index (χ2n) is 4.93. The number of pyridine rings is 1. The van der Waals surface area contributed by atoms with Crippen LogP contribution in [0.3, 0.4) is 0 Å². The zero-order valence-corrected chi connectivity index (χ0v) is 11.2. The van der Waals surface area contributed by atoms with Crippen LogP contribution in [0.15, 0.2) is 48.7 Å². The molecule has 4 nitrogen and oxygen atoms in total. The number of nitrogens with zero attached hydrogens (tertiary/aromatic N) is 3. The third-order valence-electron chi connectivity index (χ3n) is 3.54. The van der Waals surface area contributed by atoms with Crippen LogP contribution >= 0.6 is 0 Å². The monoisotopic (exact) mass is 264 g/mol. The number of hydrogen-bond donors (Lipinski definition) is 1. The standard InChI is InChI=1S/C16H16N4/c17-11-13-5-4-9-18-16(13)20-10-8-15(12-20)19-14-6-2-1-3-7-14/h1-7,9,15,19H,8,10,12H2/t15-/m0/s1. The van der Waals surface area contributed by atoms with Gasteiger partial charge in [-0.05, 0) is 30.7 Å². The minimum atomic E-state index is 0.394. The van der Waals surface area contributed by atoms with Crippen molar-refractivity contribution in [2.45, 2.75) is 12.5 Å². The number of nitriles is 1. The fourth-order valence-corrected chi connectivity index (χ4v) is 2.58. The highest BCUT2D eigenvalue weighted by atomic mass is 15.2. The number of aromatic nitrogens is 1. The molecule has 1 aliphatic heterocycles. The fraction of sp³-hybridized carbons (Fsp3) is 0.250. The lowest BCUT2D eigenvalue weighted by Crippen LogP contribution is -2.27. The molecule has 0 spiro atoms. The number of anilines is 2. The lowest BCUT2D eigenvalue weighted by molar-refractivity contribution is 0.806. The van der Waals surface area contributed by atoms with E-state index in [0.717, 1.165) is 31.0 Å². The minimum Gasteiger partial charge on any atom is -0.380 e. The van der Waals surface area contributed by atoms with E-state index in [1.54, 1.807) is 12.3 Å².